The SMILES string of the molecule is NS(=O)(=O)c1ccc(CCNS(=O)(=O)c2ccc3c(c2)OCCO3)cc1. The molecule has 3 rings (SSSR count). The molecule has 0 spiro atoms. The van der Waals surface area contributed by atoms with Gasteiger partial charge in [-0.2, -0.15) is 0 Å². The van der Waals surface area contributed by atoms with Crippen molar-refractivity contribution in [3.05, 3.63) is 48.0 Å². The van der Waals surface area contributed by atoms with E-state index < -0.39 is 20.0 Å². The highest BCUT2D eigenvalue weighted by molar-refractivity contribution is 7.89. The van der Waals surface area contributed by atoms with E-state index in [9.17, 15) is 16.8 Å². The van der Waals surface area contributed by atoms with Crippen molar-refractivity contribution in [1.29, 1.82) is 0 Å². The molecule has 140 valence electrons. The maximum atomic E-state index is 12.4. The fourth-order valence-electron chi connectivity index (χ4n) is 2.45. The van der Waals surface area contributed by atoms with Crippen LogP contribution in [0.5, 0.6) is 11.5 Å². The second-order valence-corrected chi connectivity index (χ2v) is 8.97. The Bertz CT molecular complexity index is 1000. The summed E-state index contributed by atoms with van der Waals surface area (Å²) in [6.45, 7) is 0.964. The standard InChI is InChI=1S/C16H18N2O6S2/c17-25(19,20)13-3-1-12(2-4-13)7-8-18-26(21,22)14-5-6-15-16(11-14)24-10-9-23-15/h1-6,11,18H,7-10H2,(H2,17,19,20). The number of nitrogens with two attached hydrogens (primary N) is 1. The summed E-state index contributed by atoms with van der Waals surface area (Å²) in [5.74, 6) is 0.919. The summed E-state index contributed by atoms with van der Waals surface area (Å²) >= 11 is 0. The van der Waals surface area contributed by atoms with E-state index in [1.807, 2.05) is 0 Å². The first-order valence-electron chi connectivity index (χ1n) is 7.77. The fourth-order valence-corrected chi connectivity index (χ4v) is 4.01. The van der Waals surface area contributed by atoms with E-state index in [4.69, 9.17) is 14.6 Å². The van der Waals surface area contributed by atoms with Crippen LogP contribution in [-0.2, 0) is 26.5 Å². The predicted octanol–water partition coefficient (Wildman–Crippen LogP) is 0.626. The molecule has 0 saturated heterocycles. The molecule has 3 N–H and O–H groups in total. The molecule has 0 amide bonds. The Balaban J connectivity index is 1.63. The summed E-state index contributed by atoms with van der Waals surface area (Å²) in [5.41, 5.74) is 0.780. The number of ether oxygens (including phenoxy) is 2. The van der Waals surface area contributed by atoms with Crippen LogP contribution in [0, 0.1) is 0 Å². The van der Waals surface area contributed by atoms with Crippen molar-refractivity contribution in [2.75, 3.05) is 19.8 Å². The van der Waals surface area contributed by atoms with Crippen LogP contribution in [-0.4, -0.2) is 36.6 Å². The zero-order valence-corrected chi connectivity index (χ0v) is 15.3. The highest BCUT2D eigenvalue weighted by atomic mass is 32.2. The van der Waals surface area contributed by atoms with Gasteiger partial charge in [-0.15, -0.1) is 0 Å². The monoisotopic (exact) mass is 398 g/mol. The lowest BCUT2D eigenvalue weighted by atomic mass is 10.2. The first-order valence-corrected chi connectivity index (χ1v) is 10.8. The van der Waals surface area contributed by atoms with E-state index in [1.54, 1.807) is 18.2 Å². The molecule has 0 atom stereocenters. The Morgan fingerprint density at radius 3 is 2.15 bits per heavy atom. The lowest BCUT2D eigenvalue weighted by molar-refractivity contribution is 0.171. The molecule has 2 aromatic carbocycles. The normalized spacial score (nSPS) is 14.2. The van der Waals surface area contributed by atoms with E-state index in [1.165, 1.54) is 24.3 Å². The van der Waals surface area contributed by atoms with E-state index in [-0.39, 0.29) is 16.3 Å². The van der Waals surface area contributed by atoms with E-state index >= 15 is 0 Å². The molecule has 0 aliphatic carbocycles. The van der Waals surface area contributed by atoms with E-state index in [0.717, 1.165) is 5.56 Å². The number of primary sulfonamides is 1. The molecule has 26 heavy (non-hydrogen) atoms. The summed E-state index contributed by atoms with van der Waals surface area (Å²) in [6.07, 6.45) is 0.398. The van der Waals surface area contributed by atoms with Gasteiger partial charge < -0.3 is 9.47 Å². The number of fused-ring (bicyclic) bond motifs is 1. The third-order valence-corrected chi connectivity index (χ3v) is 6.17. The van der Waals surface area contributed by atoms with Crippen LogP contribution in [0.4, 0.5) is 0 Å². The van der Waals surface area contributed by atoms with Gasteiger partial charge in [-0.3, -0.25) is 0 Å². The van der Waals surface area contributed by atoms with Gasteiger partial charge in [0.1, 0.15) is 13.2 Å². The second-order valence-electron chi connectivity index (χ2n) is 5.64. The molecule has 0 radical (unpaired) electrons. The van der Waals surface area contributed by atoms with Gasteiger partial charge in [0.2, 0.25) is 20.0 Å². The van der Waals surface area contributed by atoms with Crippen LogP contribution in [0.15, 0.2) is 52.3 Å². The molecule has 0 saturated carbocycles. The Hall–Kier alpha value is -2.14. The van der Waals surface area contributed by atoms with Crippen molar-refractivity contribution in [2.45, 2.75) is 16.2 Å². The second kappa shape index (κ2) is 7.23. The zero-order valence-electron chi connectivity index (χ0n) is 13.7. The first-order chi connectivity index (χ1) is 12.3. The fraction of sp³-hybridized carbons (Fsp3) is 0.250. The number of hydrogen-bond donors (Lipinski definition) is 2. The summed E-state index contributed by atoms with van der Waals surface area (Å²) < 4.78 is 60.5. The highest BCUT2D eigenvalue weighted by Crippen LogP contribution is 2.32. The molecule has 1 aliphatic rings. The maximum absolute atomic E-state index is 12.4. The summed E-state index contributed by atoms with van der Waals surface area (Å²) in [7, 11) is -7.44. The Kier molecular flexibility index (Phi) is 5.19. The number of sulfonamides is 2. The number of hydrogen-bond acceptors (Lipinski definition) is 6. The molecular weight excluding hydrogens is 380 g/mol. The maximum Gasteiger partial charge on any atom is 0.240 e. The molecule has 0 unspecified atom stereocenters. The van der Waals surface area contributed by atoms with Crippen molar-refractivity contribution in [1.82, 2.24) is 4.72 Å². The van der Waals surface area contributed by atoms with Crippen LogP contribution in [0.25, 0.3) is 0 Å². The van der Waals surface area contributed by atoms with Gasteiger partial charge in [-0.1, -0.05) is 12.1 Å². The topological polar surface area (TPSA) is 125 Å². The van der Waals surface area contributed by atoms with Crippen molar-refractivity contribution in [3.8, 4) is 11.5 Å². The van der Waals surface area contributed by atoms with E-state index in [0.29, 0.717) is 31.1 Å². The number of rotatable bonds is 6. The Morgan fingerprint density at radius 1 is 0.885 bits per heavy atom. The zero-order chi connectivity index (χ0) is 18.8. The smallest absolute Gasteiger partial charge is 0.240 e. The van der Waals surface area contributed by atoms with Crippen LogP contribution < -0.4 is 19.3 Å². The van der Waals surface area contributed by atoms with Gasteiger partial charge in [0.15, 0.2) is 11.5 Å². The third kappa shape index (κ3) is 4.33. The van der Waals surface area contributed by atoms with Crippen LogP contribution in [0.1, 0.15) is 5.56 Å². The van der Waals surface area contributed by atoms with Gasteiger partial charge in [-0.25, -0.2) is 26.7 Å². The largest absolute Gasteiger partial charge is 0.486 e. The molecular formula is C16H18N2O6S2. The van der Waals surface area contributed by atoms with Crippen molar-refractivity contribution in [3.63, 3.8) is 0 Å². The molecule has 10 heteroatoms. The van der Waals surface area contributed by atoms with Gasteiger partial charge in [-0.05, 0) is 36.2 Å². The molecule has 1 heterocycles. The van der Waals surface area contributed by atoms with E-state index in [2.05, 4.69) is 4.72 Å². The average molecular weight is 398 g/mol. The van der Waals surface area contributed by atoms with Crippen molar-refractivity contribution >= 4 is 20.0 Å². The molecule has 8 nitrogen and oxygen atoms in total. The van der Waals surface area contributed by atoms with Crippen LogP contribution in [0.2, 0.25) is 0 Å². The van der Waals surface area contributed by atoms with Crippen molar-refractivity contribution in [2.24, 2.45) is 5.14 Å². The average Bonchev–Trinajstić information content (AvgIpc) is 2.61. The van der Waals surface area contributed by atoms with Crippen LogP contribution in [0.3, 0.4) is 0 Å². The lowest BCUT2D eigenvalue weighted by Gasteiger charge is -2.18. The molecule has 0 fully saturated rings. The van der Waals surface area contributed by atoms with Gasteiger partial charge in [0.05, 0.1) is 9.79 Å². The molecule has 2 aromatic rings. The van der Waals surface area contributed by atoms with Crippen LogP contribution >= 0.6 is 0 Å². The summed E-state index contributed by atoms with van der Waals surface area (Å²) in [4.78, 5) is 0.101. The van der Waals surface area contributed by atoms with Gasteiger partial charge in [0, 0.05) is 12.6 Å². The van der Waals surface area contributed by atoms with Gasteiger partial charge in [0.25, 0.3) is 0 Å². The quantitative estimate of drug-likeness (QED) is 0.735. The van der Waals surface area contributed by atoms with Gasteiger partial charge >= 0.3 is 0 Å². The number of benzene rings is 2. The highest BCUT2D eigenvalue weighted by Gasteiger charge is 2.19. The molecule has 1 aliphatic heterocycles. The molecule has 0 bridgehead atoms. The minimum atomic E-state index is -3.74. The predicted molar refractivity (Wildman–Crippen MR) is 94.1 cm³/mol. The minimum Gasteiger partial charge on any atom is -0.486 e. The van der Waals surface area contributed by atoms with Crippen molar-refractivity contribution < 1.29 is 26.3 Å². The lowest BCUT2D eigenvalue weighted by Crippen LogP contribution is -2.26. The third-order valence-electron chi connectivity index (χ3n) is 3.78. The number of nitrogens with one attached hydrogen (secondary N) is 1. The minimum absolute atomic E-state index is 0.0121. The summed E-state index contributed by atoms with van der Waals surface area (Å²) in [5, 5.41) is 5.04. The Morgan fingerprint density at radius 2 is 1.50 bits per heavy atom. The Labute approximate surface area is 152 Å². The summed E-state index contributed by atoms with van der Waals surface area (Å²) in [6, 6.07) is 10.4. The molecule has 0 aromatic heterocycles. The first kappa shape index (κ1) is 18.6.